The van der Waals surface area contributed by atoms with E-state index in [1.807, 2.05) is 0 Å². The molecule has 0 fully saturated rings. The van der Waals surface area contributed by atoms with Crippen LogP contribution in [-0.2, 0) is 4.65 Å². The van der Waals surface area contributed by atoms with E-state index in [1.54, 1.807) is 45.9 Å². The van der Waals surface area contributed by atoms with Gasteiger partial charge in [0.05, 0.1) is 11.2 Å². The summed E-state index contributed by atoms with van der Waals surface area (Å²) in [6, 6.07) is 5.10. The van der Waals surface area contributed by atoms with Crippen molar-refractivity contribution in [3.63, 3.8) is 0 Å². The Labute approximate surface area is 113 Å². The maximum absolute atomic E-state index is 10.1. The van der Waals surface area contributed by atoms with Crippen LogP contribution in [0.15, 0.2) is 18.2 Å². The summed E-state index contributed by atoms with van der Waals surface area (Å²) in [6.45, 7) is 6.91. The van der Waals surface area contributed by atoms with Gasteiger partial charge in [-0.25, -0.2) is 0 Å². The molecule has 0 saturated heterocycles. The molecule has 2 N–H and O–H groups in total. The molecular formula is C13H19BO5. The number of hydrogen-bond donors (Lipinski definition) is 2. The molecule has 1 aliphatic rings. The summed E-state index contributed by atoms with van der Waals surface area (Å²) in [7, 11) is -1.14. The highest BCUT2D eigenvalue weighted by Crippen LogP contribution is 2.31. The van der Waals surface area contributed by atoms with Crippen molar-refractivity contribution in [2.24, 2.45) is 0 Å². The zero-order valence-corrected chi connectivity index (χ0v) is 11.6. The molecule has 0 amide bonds. The molecule has 6 heteroatoms. The first-order valence-electron chi connectivity index (χ1n) is 6.18. The lowest BCUT2D eigenvalue weighted by Crippen LogP contribution is -2.53. The second-order valence-corrected chi connectivity index (χ2v) is 5.65. The molecule has 0 aromatic heterocycles. The molecule has 19 heavy (non-hydrogen) atoms. The molecule has 1 heterocycles. The molecule has 0 bridgehead atoms. The summed E-state index contributed by atoms with van der Waals surface area (Å²) < 4.78 is 16.0. The van der Waals surface area contributed by atoms with Crippen molar-refractivity contribution in [2.75, 3.05) is 6.79 Å². The summed E-state index contributed by atoms with van der Waals surface area (Å²) in [5, 5.41) is 20.1. The van der Waals surface area contributed by atoms with E-state index in [0.717, 1.165) is 0 Å². The number of benzene rings is 1. The van der Waals surface area contributed by atoms with Crippen LogP contribution in [0, 0.1) is 0 Å². The van der Waals surface area contributed by atoms with Gasteiger partial charge in [-0.2, -0.15) is 0 Å². The smallest absolute Gasteiger partial charge is 0.454 e. The lowest BCUT2D eigenvalue weighted by atomic mass is 9.76. The fraction of sp³-hybridized carbons (Fsp3) is 0.538. The largest absolute Gasteiger partial charge is 0.491 e. The van der Waals surface area contributed by atoms with E-state index in [0.29, 0.717) is 17.0 Å². The second kappa shape index (κ2) is 4.70. The molecule has 1 aromatic rings. The van der Waals surface area contributed by atoms with Gasteiger partial charge in [-0.05, 0) is 45.3 Å². The van der Waals surface area contributed by atoms with E-state index in [1.165, 1.54) is 0 Å². The lowest BCUT2D eigenvalue weighted by molar-refractivity contribution is -0.0982. The molecule has 2 rings (SSSR count). The van der Waals surface area contributed by atoms with Crippen LogP contribution >= 0.6 is 0 Å². The Kier molecular flexibility index (Phi) is 3.51. The number of ether oxygens (including phenoxy) is 2. The predicted octanol–water partition coefficient (Wildman–Crippen LogP) is 0.669. The van der Waals surface area contributed by atoms with Crippen molar-refractivity contribution in [1.29, 1.82) is 0 Å². The fourth-order valence-corrected chi connectivity index (χ4v) is 1.56. The van der Waals surface area contributed by atoms with Crippen molar-refractivity contribution in [2.45, 2.75) is 38.9 Å². The molecular weight excluding hydrogens is 247 g/mol. The average Bonchev–Trinajstić information content (AvgIpc) is 2.73. The molecule has 0 radical (unpaired) electrons. The maximum atomic E-state index is 10.1. The van der Waals surface area contributed by atoms with Gasteiger partial charge in [0.25, 0.3) is 0 Å². The molecule has 5 nitrogen and oxygen atoms in total. The van der Waals surface area contributed by atoms with Crippen molar-refractivity contribution in [1.82, 2.24) is 0 Å². The van der Waals surface area contributed by atoms with Crippen molar-refractivity contribution in [3.8, 4) is 11.5 Å². The number of fused-ring (bicyclic) bond motifs is 1. The van der Waals surface area contributed by atoms with Gasteiger partial charge in [-0.3, -0.25) is 0 Å². The maximum Gasteiger partial charge on any atom is 0.491 e. The standard InChI is InChI=1S/C13H19BO5/c1-12(2,15)13(3,4)19-14(16)9-5-6-10-11(7-9)18-8-17-10/h5-7,15-16H,8H2,1-4H3. The van der Waals surface area contributed by atoms with E-state index in [-0.39, 0.29) is 6.79 Å². The average molecular weight is 266 g/mol. The summed E-state index contributed by atoms with van der Waals surface area (Å²) >= 11 is 0. The third-order valence-electron chi connectivity index (χ3n) is 3.56. The highest BCUT2D eigenvalue weighted by Gasteiger charge is 2.39. The topological polar surface area (TPSA) is 68.2 Å². The van der Waals surface area contributed by atoms with E-state index >= 15 is 0 Å². The summed E-state index contributed by atoms with van der Waals surface area (Å²) in [5.41, 5.74) is -1.42. The van der Waals surface area contributed by atoms with Gasteiger partial charge in [0, 0.05) is 0 Å². The summed E-state index contributed by atoms with van der Waals surface area (Å²) in [5.74, 6) is 1.24. The number of aliphatic hydroxyl groups is 1. The molecule has 104 valence electrons. The van der Waals surface area contributed by atoms with Crippen LogP contribution in [0.5, 0.6) is 11.5 Å². The molecule has 0 saturated carbocycles. The molecule has 0 spiro atoms. The number of hydrogen-bond acceptors (Lipinski definition) is 5. The van der Waals surface area contributed by atoms with Crippen LogP contribution in [0.1, 0.15) is 27.7 Å². The third kappa shape index (κ3) is 2.86. The minimum Gasteiger partial charge on any atom is -0.454 e. The van der Waals surface area contributed by atoms with Crippen LogP contribution in [0.3, 0.4) is 0 Å². The molecule has 0 aliphatic carbocycles. The van der Waals surface area contributed by atoms with E-state index in [9.17, 15) is 10.1 Å². The molecule has 0 unspecified atom stereocenters. The first-order chi connectivity index (χ1) is 8.71. The van der Waals surface area contributed by atoms with E-state index < -0.39 is 18.3 Å². The van der Waals surface area contributed by atoms with Gasteiger partial charge in [0.2, 0.25) is 6.79 Å². The van der Waals surface area contributed by atoms with Gasteiger partial charge >= 0.3 is 7.12 Å². The van der Waals surface area contributed by atoms with Crippen LogP contribution < -0.4 is 14.9 Å². The second-order valence-electron chi connectivity index (χ2n) is 5.65. The highest BCUT2D eigenvalue weighted by molar-refractivity contribution is 6.60. The Morgan fingerprint density at radius 3 is 2.42 bits per heavy atom. The zero-order chi connectivity index (χ0) is 14.3. The first kappa shape index (κ1) is 14.2. The molecule has 1 aliphatic heterocycles. The van der Waals surface area contributed by atoms with Crippen LogP contribution in [0.25, 0.3) is 0 Å². The molecule has 1 aromatic carbocycles. The quantitative estimate of drug-likeness (QED) is 0.784. The van der Waals surface area contributed by atoms with Gasteiger partial charge in [0.1, 0.15) is 0 Å². The highest BCUT2D eigenvalue weighted by atomic mass is 16.7. The predicted molar refractivity (Wildman–Crippen MR) is 71.6 cm³/mol. The Morgan fingerprint density at radius 1 is 1.16 bits per heavy atom. The number of rotatable bonds is 4. The van der Waals surface area contributed by atoms with Crippen molar-refractivity contribution < 1.29 is 24.3 Å². The van der Waals surface area contributed by atoms with Crippen LogP contribution in [0.4, 0.5) is 0 Å². The summed E-state index contributed by atoms with van der Waals surface area (Å²) in [4.78, 5) is 0. The van der Waals surface area contributed by atoms with Crippen LogP contribution in [0.2, 0.25) is 0 Å². The minimum absolute atomic E-state index is 0.185. The normalized spacial score (nSPS) is 14.6. The van der Waals surface area contributed by atoms with Crippen LogP contribution in [-0.4, -0.2) is 35.2 Å². The first-order valence-corrected chi connectivity index (χ1v) is 6.18. The third-order valence-corrected chi connectivity index (χ3v) is 3.56. The Morgan fingerprint density at radius 2 is 1.79 bits per heavy atom. The van der Waals surface area contributed by atoms with Crippen molar-refractivity contribution >= 4 is 12.6 Å². The minimum atomic E-state index is -1.14. The summed E-state index contributed by atoms with van der Waals surface area (Å²) in [6.07, 6.45) is 0. The van der Waals surface area contributed by atoms with Gasteiger partial charge in [0.15, 0.2) is 11.5 Å². The van der Waals surface area contributed by atoms with E-state index in [2.05, 4.69) is 0 Å². The monoisotopic (exact) mass is 266 g/mol. The van der Waals surface area contributed by atoms with Gasteiger partial charge in [-0.1, -0.05) is 6.07 Å². The van der Waals surface area contributed by atoms with Gasteiger partial charge in [-0.15, -0.1) is 0 Å². The molecule has 0 atom stereocenters. The van der Waals surface area contributed by atoms with Crippen molar-refractivity contribution in [3.05, 3.63) is 18.2 Å². The van der Waals surface area contributed by atoms with Gasteiger partial charge < -0.3 is 24.3 Å². The van der Waals surface area contributed by atoms with E-state index in [4.69, 9.17) is 14.1 Å². The lowest BCUT2D eigenvalue weighted by Gasteiger charge is -2.38. The Balaban J connectivity index is 2.14. The Hall–Kier alpha value is -1.24. The zero-order valence-electron chi connectivity index (χ0n) is 11.6. The Bertz CT molecular complexity index is 467. The fourth-order valence-electron chi connectivity index (χ4n) is 1.56. The SMILES string of the molecule is CC(C)(O)C(C)(C)OB(O)c1ccc2c(c1)OCO2.